The SMILES string of the molecule is Cc1oc([C@@H]2OC[C@@H](O)[C@H]2O)cc1C(=O)/C=C/c1cccc([N+](=O)[O-])c1. The molecular formula is C18H17NO7. The van der Waals surface area contributed by atoms with Gasteiger partial charge in [-0.25, -0.2) is 0 Å². The second-order valence-electron chi connectivity index (χ2n) is 5.98. The van der Waals surface area contributed by atoms with Crippen LogP contribution in [0.15, 0.2) is 40.8 Å². The van der Waals surface area contributed by atoms with Gasteiger partial charge in [-0.3, -0.25) is 14.9 Å². The number of non-ortho nitro benzene ring substituents is 1. The van der Waals surface area contributed by atoms with Crippen LogP contribution in [0.1, 0.15) is 33.5 Å². The van der Waals surface area contributed by atoms with E-state index in [-0.39, 0.29) is 23.8 Å². The molecule has 2 heterocycles. The summed E-state index contributed by atoms with van der Waals surface area (Å²) in [5.41, 5.74) is 0.748. The van der Waals surface area contributed by atoms with Crippen molar-refractivity contribution in [3.8, 4) is 0 Å². The van der Waals surface area contributed by atoms with Gasteiger partial charge in [0.2, 0.25) is 0 Å². The van der Waals surface area contributed by atoms with Crippen molar-refractivity contribution in [2.24, 2.45) is 0 Å². The van der Waals surface area contributed by atoms with Crippen molar-refractivity contribution in [1.29, 1.82) is 0 Å². The average molecular weight is 359 g/mol. The molecule has 0 saturated carbocycles. The number of nitro benzene ring substituents is 1. The Morgan fingerprint density at radius 3 is 2.77 bits per heavy atom. The van der Waals surface area contributed by atoms with Crippen LogP contribution in [0.3, 0.4) is 0 Å². The number of nitrogens with zero attached hydrogens (tertiary/aromatic N) is 1. The van der Waals surface area contributed by atoms with Crippen molar-refractivity contribution in [3.05, 3.63) is 69.2 Å². The molecule has 0 amide bonds. The van der Waals surface area contributed by atoms with Gasteiger partial charge in [0.1, 0.15) is 29.8 Å². The number of carbonyl (C=O) groups is 1. The van der Waals surface area contributed by atoms with E-state index in [0.29, 0.717) is 16.9 Å². The van der Waals surface area contributed by atoms with Gasteiger partial charge in [-0.1, -0.05) is 18.2 Å². The second kappa shape index (κ2) is 7.20. The quantitative estimate of drug-likeness (QED) is 0.363. The molecular weight excluding hydrogens is 342 g/mol. The largest absolute Gasteiger partial charge is 0.463 e. The summed E-state index contributed by atoms with van der Waals surface area (Å²) in [6.45, 7) is 1.59. The maximum absolute atomic E-state index is 12.4. The van der Waals surface area contributed by atoms with Gasteiger partial charge in [-0.15, -0.1) is 0 Å². The van der Waals surface area contributed by atoms with Gasteiger partial charge >= 0.3 is 0 Å². The van der Waals surface area contributed by atoms with Crippen LogP contribution in [0.5, 0.6) is 0 Å². The Hall–Kier alpha value is -2.81. The molecule has 26 heavy (non-hydrogen) atoms. The van der Waals surface area contributed by atoms with Crippen LogP contribution in [0, 0.1) is 17.0 Å². The highest BCUT2D eigenvalue weighted by Crippen LogP contribution is 2.32. The standard InChI is InChI=1S/C18H17NO7/c1-10-13(8-16(26-10)18-17(22)15(21)9-25-18)14(20)6-5-11-3-2-4-12(7-11)19(23)24/h2-8,15,17-18,21-22H,9H2,1H3/b6-5+/t15-,17-,18+/m1/s1. The number of ether oxygens (including phenoxy) is 1. The molecule has 8 heteroatoms. The van der Waals surface area contributed by atoms with Crippen LogP contribution in [0.25, 0.3) is 6.08 Å². The number of aliphatic hydroxyl groups excluding tert-OH is 2. The molecule has 1 aromatic heterocycles. The Balaban J connectivity index is 1.78. The second-order valence-corrected chi connectivity index (χ2v) is 5.98. The predicted molar refractivity (Wildman–Crippen MR) is 90.6 cm³/mol. The van der Waals surface area contributed by atoms with E-state index in [0.717, 1.165) is 0 Å². The molecule has 136 valence electrons. The zero-order chi connectivity index (χ0) is 18.8. The molecule has 1 saturated heterocycles. The van der Waals surface area contributed by atoms with Crippen molar-refractivity contribution in [2.75, 3.05) is 6.61 Å². The Bertz CT molecular complexity index is 870. The van der Waals surface area contributed by atoms with Crippen molar-refractivity contribution in [1.82, 2.24) is 0 Å². The number of hydrogen-bond donors (Lipinski definition) is 2. The Morgan fingerprint density at radius 2 is 2.12 bits per heavy atom. The van der Waals surface area contributed by atoms with Crippen LogP contribution in [-0.2, 0) is 4.74 Å². The maximum Gasteiger partial charge on any atom is 0.270 e. The molecule has 3 atom stereocenters. The third-order valence-corrected chi connectivity index (χ3v) is 4.14. The fourth-order valence-corrected chi connectivity index (χ4v) is 2.75. The molecule has 0 aliphatic carbocycles. The van der Waals surface area contributed by atoms with E-state index in [9.17, 15) is 25.1 Å². The van der Waals surface area contributed by atoms with Crippen molar-refractivity contribution in [3.63, 3.8) is 0 Å². The lowest BCUT2D eigenvalue weighted by atomic mass is 10.1. The molecule has 3 rings (SSSR count). The number of aliphatic hydroxyl groups is 2. The van der Waals surface area contributed by atoms with E-state index in [1.165, 1.54) is 36.4 Å². The van der Waals surface area contributed by atoms with Crippen LogP contribution < -0.4 is 0 Å². The molecule has 8 nitrogen and oxygen atoms in total. The van der Waals surface area contributed by atoms with Gasteiger partial charge in [-0.2, -0.15) is 0 Å². The monoisotopic (exact) mass is 359 g/mol. The molecule has 1 aliphatic heterocycles. The van der Waals surface area contributed by atoms with Crippen LogP contribution in [0.2, 0.25) is 0 Å². The first-order chi connectivity index (χ1) is 12.4. The molecule has 2 aromatic rings. The maximum atomic E-state index is 12.4. The van der Waals surface area contributed by atoms with Gasteiger partial charge in [-0.05, 0) is 24.6 Å². The minimum Gasteiger partial charge on any atom is -0.463 e. The first-order valence-corrected chi connectivity index (χ1v) is 7.91. The topological polar surface area (TPSA) is 123 Å². The number of furan rings is 1. The summed E-state index contributed by atoms with van der Waals surface area (Å²) in [4.78, 5) is 22.7. The summed E-state index contributed by atoms with van der Waals surface area (Å²) in [5.74, 6) is 0.265. The minimum absolute atomic E-state index is 0.0124. The number of aryl methyl sites for hydroxylation is 1. The molecule has 1 fully saturated rings. The first-order valence-electron chi connectivity index (χ1n) is 7.91. The summed E-state index contributed by atoms with van der Waals surface area (Å²) in [6.07, 6.45) is -0.179. The van der Waals surface area contributed by atoms with Gasteiger partial charge in [0.05, 0.1) is 17.1 Å². The predicted octanol–water partition coefficient (Wildman–Crippen LogP) is 2.19. The molecule has 0 radical (unpaired) electrons. The van der Waals surface area contributed by atoms with E-state index >= 15 is 0 Å². The van der Waals surface area contributed by atoms with Crippen LogP contribution in [-0.4, -0.2) is 39.7 Å². The number of hydrogen-bond acceptors (Lipinski definition) is 7. The molecule has 0 spiro atoms. The first kappa shape index (κ1) is 18.0. The van der Waals surface area contributed by atoms with Crippen LogP contribution >= 0.6 is 0 Å². The van der Waals surface area contributed by atoms with Gasteiger partial charge in [0, 0.05) is 12.1 Å². The zero-order valence-corrected chi connectivity index (χ0v) is 13.9. The molecule has 1 aromatic carbocycles. The van der Waals surface area contributed by atoms with Crippen molar-refractivity contribution < 1.29 is 29.1 Å². The smallest absolute Gasteiger partial charge is 0.270 e. The van der Waals surface area contributed by atoms with Gasteiger partial charge in [0.15, 0.2) is 5.78 Å². The lowest BCUT2D eigenvalue weighted by Crippen LogP contribution is -2.24. The molecule has 1 aliphatic rings. The summed E-state index contributed by atoms with van der Waals surface area (Å²) in [7, 11) is 0. The van der Waals surface area contributed by atoms with E-state index in [2.05, 4.69) is 0 Å². The van der Waals surface area contributed by atoms with E-state index in [4.69, 9.17) is 9.15 Å². The third-order valence-electron chi connectivity index (χ3n) is 4.14. The summed E-state index contributed by atoms with van der Waals surface area (Å²) in [6, 6.07) is 7.39. The Labute approximate surface area is 148 Å². The number of rotatable bonds is 5. The summed E-state index contributed by atoms with van der Waals surface area (Å²) in [5, 5.41) is 30.2. The normalized spacial score (nSPS) is 22.8. The van der Waals surface area contributed by atoms with Gasteiger partial charge in [0.25, 0.3) is 5.69 Å². The highest BCUT2D eigenvalue weighted by molar-refractivity contribution is 6.07. The Morgan fingerprint density at radius 1 is 1.35 bits per heavy atom. The fourth-order valence-electron chi connectivity index (χ4n) is 2.75. The number of benzene rings is 1. The fraction of sp³-hybridized carbons (Fsp3) is 0.278. The highest BCUT2D eigenvalue weighted by Gasteiger charge is 2.38. The lowest BCUT2D eigenvalue weighted by Gasteiger charge is -2.11. The third kappa shape index (κ3) is 3.57. The Kier molecular flexibility index (Phi) is 4.99. The zero-order valence-electron chi connectivity index (χ0n) is 13.9. The molecule has 0 bridgehead atoms. The number of carbonyl (C=O) groups excluding carboxylic acids is 1. The van der Waals surface area contributed by atoms with E-state index in [1.807, 2.05) is 0 Å². The van der Waals surface area contributed by atoms with Crippen molar-refractivity contribution in [2.45, 2.75) is 25.2 Å². The number of nitro groups is 1. The van der Waals surface area contributed by atoms with Gasteiger partial charge < -0.3 is 19.4 Å². The van der Waals surface area contributed by atoms with E-state index in [1.54, 1.807) is 13.0 Å². The van der Waals surface area contributed by atoms with Crippen LogP contribution in [0.4, 0.5) is 5.69 Å². The molecule has 0 unspecified atom stereocenters. The van der Waals surface area contributed by atoms with Crippen molar-refractivity contribution >= 4 is 17.5 Å². The number of ketones is 1. The summed E-state index contributed by atoms with van der Waals surface area (Å²) >= 11 is 0. The van der Waals surface area contributed by atoms with E-state index < -0.39 is 23.2 Å². The minimum atomic E-state index is -1.12. The summed E-state index contributed by atoms with van der Waals surface area (Å²) < 4.78 is 10.8. The highest BCUT2D eigenvalue weighted by atomic mass is 16.6. The lowest BCUT2D eigenvalue weighted by molar-refractivity contribution is -0.384. The molecule has 2 N–H and O–H groups in total. The average Bonchev–Trinajstić information content (AvgIpc) is 3.16. The number of allylic oxidation sites excluding steroid dienone is 1.